The maximum absolute atomic E-state index is 13.8. The Morgan fingerprint density at radius 1 is 1.11 bits per heavy atom. The second-order valence-corrected chi connectivity index (χ2v) is 5.29. The normalized spacial score (nSPS) is 12.5. The number of hydrogen-bond donors (Lipinski definition) is 1. The zero-order valence-electron chi connectivity index (χ0n) is 10.2. The number of rotatable bonds is 2. The molecule has 1 atom stereocenters. The fourth-order valence-electron chi connectivity index (χ4n) is 2.14. The molecule has 0 radical (unpaired) electrons. The SMILES string of the molecule is Cc1cccc(C)c1C(O)c1cc(Br)ccc1F. The van der Waals surface area contributed by atoms with E-state index in [4.69, 9.17) is 0 Å². The van der Waals surface area contributed by atoms with Crippen LogP contribution in [0.5, 0.6) is 0 Å². The Hall–Kier alpha value is -1.19. The molecule has 0 amide bonds. The average molecular weight is 309 g/mol. The predicted octanol–water partition coefficient (Wildman–Crippen LogP) is 4.29. The number of benzene rings is 2. The highest BCUT2D eigenvalue weighted by molar-refractivity contribution is 9.10. The summed E-state index contributed by atoms with van der Waals surface area (Å²) in [6, 6.07) is 10.4. The Morgan fingerprint density at radius 3 is 2.33 bits per heavy atom. The molecule has 18 heavy (non-hydrogen) atoms. The van der Waals surface area contributed by atoms with E-state index < -0.39 is 11.9 Å². The van der Waals surface area contributed by atoms with Gasteiger partial charge in [-0.25, -0.2) is 4.39 Å². The summed E-state index contributed by atoms with van der Waals surface area (Å²) in [5.74, 6) is -0.395. The quantitative estimate of drug-likeness (QED) is 0.877. The summed E-state index contributed by atoms with van der Waals surface area (Å²) in [5, 5.41) is 10.4. The number of aliphatic hydroxyl groups excluding tert-OH is 1. The van der Waals surface area contributed by atoms with Gasteiger partial charge in [-0.3, -0.25) is 0 Å². The van der Waals surface area contributed by atoms with Crippen molar-refractivity contribution < 1.29 is 9.50 Å². The van der Waals surface area contributed by atoms with Gasteiger partial charge in [0, 0.05) is 10.0 Å². The van der Waals surface area contributed by atoms with Gasteiger partial charge in [-0.05, 0) is 48.7 Å². The Morgan fingerprint density at radius 2 is 1.72 bits per heavy atom. The van der Waals surface area contributed by atoms with Crippen LogP contribution in [0.4, 0.5) is 4.39 Å². The lowest BCUT2D eigenvalue weighted by atomic mass is 9.93. The Kier molecular flexibility index (Phi) is 3.83. The van der Waals surface area contributed by atoms with E-state index in [0.29, 0.717) is 5.56 Å². The van der Waals surface area contributed by atoms with Crippen LogP contribution in [-0.4, -0.2) is 5.11 Å². The lowest BCUT2D eigenvalue weighted by molar-refractivity contribution is 0.213. The van der Waals surface area contributed by atoms with E-state index in [9.17, 15) is 9.50 Å². The first-order valence-electron chi connectivity index (χ1n) is 5.70. The van der Waals surface area contributed by atoms with Gasteiger partial charge in [-0.2, -0.15) is 0 Å². The highest BCUT2D eigenvalue weighted by Gasteiger charge is 2.18. The topological polar surface area (TPSA) is 20.2 Å². The van der Waals surface area contributed by atoms with Crippen LogP contribution in [0.2, 0.25) is 0 Å². The minimum atomic E-state index is -0.941. The third-order valence-corrected chi connectivity index (χ3v) is 3.56. The van der Waals surface area contributed by atoms with Crippen molar-refractivity contribution in [1.82, 2.24) is 0 Å². The van der Waals surface area contributed by atoms with E-state index in [0.717, 1.165) is 21.2 Å². The van der Waals surface area contributed by atoms with Crippen LogP contribution in [0, 0.1) is 19.7 Å². The van der Waals surface area contributed by atoms with Gasteiger partial charge in [0.05, 0.1) is 0 Å². The molecule has 0 aliphatic rings. The van der Waals surface area contributed by atoms with Crippen molar-refractivity contribution in [2.75, 3.05) is 0 Å². The van der Waals surface area contributed by atoms with E-state index >= 15 is 0 Å². The number of aryl methyl sites for hydroxylation is 2. The summed E-state index contributed by atoms with van der Waals surface area (Å²) < 4.78 is 14.5. The minimum Gasteiger partial charge on any atom is -0.384 e. The number of aliphatic hydroxyl groups is 1. The zero-order chi connectivity index (χ0) is 13.3. The molecule has 0 bridgehead atoms. The maximum atomic E-state index is 13.8. The maximum Gasteiger partial charge on any atom is 0.129 e. The van der Waals surface area contributed by atoms with Gasteiger partial charge in [-0.1, -0.05) is 34.1 Å². The number of hydrogen-bond acceptors (Lipinski definition) is 1. The minimum absolute atomic E-state index is 0.293. The second-order valence-electron chi connectivity index (χ2n) is 4.37. The molecule has 0 aliphatic carbocycles. The molecule has 2 aromatic rings. The van der Waals surface area contributed by atoms with Crippen LogP contribution in [-0.2, 0) is 0 Å². The molecule has 0 aliphatic heterocycles. The molecular weight excluding hydrogens is 295 g/mol. The molecule has 1 unspecified atom stereocenters. The Bertz CT molecular complexity index is 560. The van der Waals surface area contributed by atoms with Crippen LogP contribution >= 0.6 is 15.9 Å². The molecule has 0 heterocycles. The molecule has 1 nitrogen and oxygen atoms in total. The van der Waals surface area contributed by atoms with Gasteiger partial charge in [0.15, 0.2) is 0 Å². The molecule has 2 rings (SSSR count). The first-order chi connectivity index (χ1) is 8.50. The summed E-state index contributed by atoms with van der Waals surface area (Å²) in [4.78, 5) is 0. The third kappa shape index (κ3) is 2.47. The fourth-order valence-corrected chi connectivity index (χ4v) is 2.52. The van der Waals surface area contributed by atoms with Gasteiger partial charge in [0.2, 0.25) is 0 Å². The molecule has 0 aromatic heterocycles. The smallest absolute Gasteiger partial charge is 0.129 e. The fraction of sp³-hybridized carbons (Fsp3) is 0.200. The summed E-state index contributed by atoms with van der Waals surface area (Å²) in [5.41, 5.74) is 2.99. The molecule has 0 saturated heterocycles. The monoisotopic (exact) mass is 308 g/mol. The van der Waals surface area contributed by atoms with Crippen LogP contribution in [0.15, 0.2) is 40.9 Å². The Labute approximate surface area is 114 Å². The summed E-state index contributed by atoms with van der Waals surface area (Å²) in [7, 11) is 0. The van der Waals surface area contributed by atoms with E-state index in [-0.39, 0.29) is 0 Å². The van der Waals surface area contributed by atoms with E-state index in [1.807, 2.05) is 32.0 Å². The van der Waals surface area contributed by atoms with Crippen molar-refractivity contribution in [2.24, 2.45) is 0 Å². The van der Waals surface area contributed by atoms with Crippen molar-refractivity contribution in [3.63, 3.8) is 0 Å². The summed E-state index contributed by atoms with van der Waals surface area (Å²) in [6.45, 7) is 3.84. The van der Waals surface area contributed by atoms with Gasteiger partial charge in [0.1, 0.15) is 11.9 Å². The highest BCUT2D eigenvalue weighted by atomic mass is 79.9. The van der Waals surface area contributed by atoms with Gasteiger partial charge < -0.3 is 5.11 Å². The third-order valence-electron chi connectivity index (χ3n) is 3.07. The average Bonchev–Trinajstić information content (AvgIpc) is 2.32. The number of halogens is 2. The first-order valence-corrected chi connectivity index (χ1v) is 6.49. The molecular formula is C15H14BrFO. The molecule has 0 fully saturated rings. The van der Waals surface area contributed by atoms with Crippen LogP contribution in [0.25, 0.3) is 0 Å². The molecule has 1 N–H and O–H groups in total. The van der Waals surface area contributed by atoms with E-state index in [1.165, 1.54) is 6.07 Å². The zero-order valence-corrected chi connectivity index (χ0v) is 11.8. The van der Waals surface area contributed by atoms with Gasteiger partial charge in [0.25, 0.3) is 0 Å². The van der Waals surface area contributed by atoms with Crippen LogP contribution in [0.1, 0.15) is 28.4 Å². The van der Waals surface area contributed by atoms with Crippen LogP contribution in [0.3, 0.4) is 0 Å². The van der Waals surface area contributed by atoms with Crippen molar-refractivity contribution >= 4 is 15.9 Å². The Balaban J connectivity index is 2.54. The first kappa shape index (κ1) is 13.2. The van der Waals surface area contributed by atoms with Crippen molar-refractivity contribution in [2.45, 2.75) is 20.0 Å². The predicted molar refractivity (Wildman–Crippen MR) is 74.1 cm³/mol. The highest BCUT2D eigenvalue weighted by Crippen LogP contribution is 2.30. The lowest BCUT2D eigenvalue weighted by Crippen LogP contribution is -2.06. The molecule has 0 spiro atoms. The molecule has 3 heteroatoms. The molecule has 94 valence electrons. The van der Waals surface area contributed by atoms with Crippen molar-refractivity contribution in [3.8, 4) is 0 Å². The van der Waals surface area contributed by atoms with E-state index in [1.54, 1.807) is 12.1 Å². The molecule has 0 saturated carbocycles. The van der Waals surface area contributed by atoms with Crippen molar-refractivity contribution in [3.05, 3.63) is 68.9 Å². The largest absolute Gasteiger partial charge is 0.384 e. The van der Waals surface area contributed by atoms with E-state index in [2.05, 4.69) is 15.9 Å². The second kappa shape index (κ2) is 5.21. The summed E-state index contributed by atoms with van der Waals surface area (Å²) >= 11 is 3.30. The van der Waals surface area contributed by atoms with Gasteiger partial charge >= 0.3 is 0 Å². The van der Waals surface area contributed by atoms with Gasteiger partial charge in [-0.15, -0.1) is 0 Å². The van der Waals surface area contributed by atoms with Crippen molar-refractivity contribution in [1.29, 1.82) is 0 Å². The summed E-state index contributed by atoms with van der Waals surface area (Å²) in [6.07, 6.45) is -0.941. The lowest BCUT2D eigenvalue weighted by Gasteiger charge is -2.17. The standard InChI is InChI=1S/C15H14BrFO/c1-9-4-3-5-10(2)14(9)15(18)12-8-11(16)6-7-13(12)17/h3-8,15,18H,1-2H3. The molecule has 2 aromatic carbocycles. The van der Waals surface area contributed by atoms with Crippen LogP contribution < -0.4 is 0 Å².